The summed E-state index contributed by atoms with van der Waals surface area (Å²) in [6.45, 7) is 11.1. The fourth-order valence-electron chi connectivity index (χ4n) is 10.6. The highest BCUT2D eigenvalue weighted by molar-refractivity contribution is 6.77. The lowest BCUT2D eigenvalue weighted by molar-refractivity contribution is -0.361. The summed E-state index contributed by atoms with van der Waals surface area (Å²) in [5, 5.41) is 0. The van der Waals surface area contributed by atoms with E-state index in [1.807, 2.05) is 41.5 Å². The third-order valence-corrected chi connectivity index (χ3v) is 20.6. The van der Waals surface area contributed by atoms with E-state index < -0.39 is 119 Å². The molecule has 0 aliphatic carbocycles. The average molecular weight is 1140 g/mol. The molecule has 18 heteroatoms. The van der Waals surface area contributed by atoms with Gasteiger partial charge < -0.3 is 51.8 Å². The van der Waals surface area contributed by atoms with Crippen molar-refractivity contribution in [3.8, 4) is 0 Å². The zero-order valence-electron chi connectivity index (χ0n) is 46.7. The molecule has 430 valence electrons. The number of benzene rings is 6. The van der Waals surface area contributed by atoms with Gasteiger partial charge >= 0.3 is 35.8 Å². The lowest BCUT2D eigenvalue weighted by atomic mass is 9.96. The van der Waals surface area contributed by atoms with Crippen molar-refractivity contribution >= 4 is 44.1 Å². The Hall–Kier alpha value is -7.84. The molecule has 0 saturated carbocycles. The van der Waals surface area contributed by atoms with Gasteiger partial charge in [0.25, 0.3) is 0 Å². The molecule has 0 N–H and O–H groups in total. The van der Waals surface area contributed by atoms with Gasteiger partial charge in [0.05, 0.1) is 33.4 Å². The molecular weight excluding hydrogens is 1070 g/mol. The summed E-state index contributed by atoms with van der Waals surface area (Å²) in [7, 11) is -1.91. The molecule has 17 nitrogen and oxygen atoms in total. The number of methoxy groups -OCH3 is 1. The molecule has 0 radical (unpaired) electrons. The topological polar surface area (TPSA) is 204 Å². The molecule has 2 aliphatic rings. The highest BCUT2D eigenvalue weighted by Crippen LogP contribution is 2.46. The molecule has 82 heavy (non-hydrogen) atoms. The van der Waals surface area contributed by atoms with E-state index >= 15 is 0 Å². The van der Waals surface area contributed by atoms with Gasteiger partial charge in [-0.1, -0.05) is 151 Å². The first-order chi connectivity index (χ1) is 39.6. The summed E-state index contributed by atoms with van der Waals surface area (Å²) < 4.78 is 72.2. The van der Waals surface area contributed by atoms with Crippen LogP contribution in [0.5, 0.6) is 0 Å². The molecule has 2 saturated heterocycles. The number of hydrogen-bond donors (Lipinski definition) is 0. The fourth-order valence-corrected chi connectivity index (χ4v) is 16.2. The number of esters is 6. The zero-order valence-corrected chi connectivity index (χ0v) is 47.7. The van der Waals surface area contributed by atoms with Gasteiger partial charge in [-0.05, 0) is 89.4 Å². The van der Waals surface area contributed by atoms with Crippen molar-refractivity contribution in [3.63, 3.8) is 0 Å². The highest BCUT2D eigenvalue weighted by Gasteiger charge is 2.60. The van der Waals surface area contributed by atoms with Crippen molar-refractivity contribution in [1.29, 1.82) is 0 Å². The predicted molar refractivity (Wildman–Crippen MR) is 301 cm³/mol. The lowest BCUT2D eigenvalue weighted by Gasteiger charge is -2.52. The van der Waals surface area contributed by atoms with E-state index in [9.17, 15) is 28.8 Å². The highest BCUT2D eigenvalue weighted by atomic mass is 28.4. The first-order valence-corrected chi connectivity index (χ1v) is 29.4. The predicted octanol–water partition coefficient (Wildman–Crippen LogP) is 10.6. The largest absolute Gasteiger partial charge is 0.459 e. The van der Waals surface area contributed by atoms with Crippen molar-refractivity contribution in [2.75, 3.05) is 20.3 Å². The first kappa shape index (κ1) is 60.3. The maximum absolute atomic E-state index is 14.7. The Morgan fingerprint density at radius 1 is 0.366 bits per heavy atom. The van der Waals surface area contributed by atoms with Crippen molar-refractivity contribution in [1.82, 2.24) is 0 Å². The smallest absolute Gasteiger partial charge is 0.338 e. The minimum Gasteiger partial charge on any atom is -0.459 e. The lowest BCUT2D eigenvalue weighted by Crippen LogP contribution is -2.69. The Bertz CT molecular complexity index is 3020. The standard InChI is InChI=1S/C64H68O17Si/c1-40(2)82(41(3)4,42(5)6)81-56-54(79-62(70)48-36-24-13-25-37-48)52(77-60(68)46-32-20-11-21-33-46)50(39-73-58(66)44-28-16-9-17-29-44)75-64(56)80-55-53(78-61(69)47-34-22-12-23-35-47)51(76-59(67)45-30-18-10-19-31-45)49(74-63(55)71-7)38-72-57(65)43-26-14-8-15-27-43/h8-37,40-42,49-56,63-64H,38-39H2,1-7H3/t49?,50-,51-,52-,53?,54?,55?,56?,63+,64+/m0/s1. The van der Waals surface area contributed by atoms with Gasteiger partial charge in [0.15, 0.2) is 43.1 Å². The molecular formula is C64H68O17Si. The molecule has 0 spiro atoms. The van der Waals surface area contributed by atoms with Crippen LogP contribution in [0.4, 0.5) is 0 Å². The molecule has 10 atom stereocenters. The Morgan fingerprint density at radius 3 is 0.927 bits per heavy atom. The number of rotatable bonds is 22. The molecule has 5 unspecified atom stereocenters. The first-order valence-electron chi connectivity index (χ1n) is 27.2. The summed E-state index contributed by atoms with van der Waals surface area (Å²) in [5.74, 6) is -4.90. The zero-order chi connectivity index (χ0) is 58.3. The van der Waals surface area contributed by atoms with E-state index in [-0.39, 0.29) is 50.0 Å². The summed E-state index contributed by atoms with van der Waals surface area (Å²) in [4.78, 5) is 85.6. The molecule has 2 aliphatic heterocycles. The van der Waals surface area contributed by atoms with Gasteiger partial charge in [-0.25, -0.2) is 28.8 Å². The molecule has 2 fully saturated rings. The number of carbonyl (C=O) groups is 6. The Kier molecular flexibility index (Phi) is 20.7. The van der Waals surface area contributed by atoms with Gasteiger partial charge in [0, 0.05) is 7.11 Å². The fraction of sp³-hybridized carbons (Fsp3) is 0.344. The molecule has 0 bridgehead atoms. The van der Waals surface area contributed by atoms with Gasteiger partial charge in [-0.2, -0.15) is 0 Å². The van der Waals surface area contributed by atoms with Crippen LogP contribution < -0.4 is 0 Å². The van der Waals surface area contributed by atoms with Crippen molar-refractivity contribution in [2.24, 2.45) is 0 Å². The Balaban J connectivity index is 1.30. The Morgan fingerprint density at radius 2 is 0.634 bits per heavy atom. The van der Waals surface area contributed by atoms with Crippen LogP contribution in [0, 0.1) is 0 Å². The molecule has 6 aromatic carbocycles. The maximum atomic E-state index is 14.7. The normalized spacial score (nSPS) is 22.6. The van der Waals surface area contributed by atoms with Crippen LogP contribution in [-0.4, -0.2) is 126 Å². The second kappa shape index (κ2) is 28.2. The monoisotopic (exact) mass is 1140 g/mol. The summed E-state index contributed by atoms with van der Waals surface area (Å²) in [6, 6.07) is 48.8. The maximum Gasteiger partial charge on any atom is 0.338 e. The molecule has 6 aromatic rings. The van der Waals surface area contributed by atoms with Gasteiger partial charge in [-0.15, -0.1) is 0 Å². The van der Waals surface area contributed by atoms with Gasteiger partial charge in [0.2, 0.25) is 8.32 Å². The minimum atomic E-state index is -3.22. The summed E-state index contributed by atoms with van der Waals surface area (Å²) in [6.07, 6.45) is -15.9. The number of hydrogen-bond acceptors (Lipinski definition) is 17. The van der Waals surface area contributed by atoms with Crippen LogP contribution >= 0.6 is 0 Å². The van der Waals surface area contributed by atoms with Gasteiger partial charge in [0.1, 0.15) is 31.5 Å². The van der Waals surface area contributed by atoms with Crippen molar-refractivity contribution in [2.45, 2.75) is 120 Å². The summed E-state index contributed by atoms with van der Waals surface area (Å²) >= 11 is 0. The summed E-state index contributed by atoms with van der Waals surface area (Å²) in [5.41, 5.74) is 0.551. The number of carbonyl (C=O) groups excluding carboxylic acids is 6. The van der Waals surface area contributed by atoms with E-state index in [0.29, 0.717) is 0 Å². The quantitative estimate of drug-likeness (QED) is 0.0352. The van der Waals surface area contributed by atoms with E-state index in [4.69, 9.17) is 51.8 Å². The number of ether oxygens (including phenoxy) is 10. The second-order valence-corrected chi connectivity index (χ2v) is 26.1. The van der Waals surface area contributed by atoms with Gasteiger partial charge in [-0.3, -0.25) is 0 Å². The van der Waals surface area contributed by atoms with Crippen LogP contribution in [-0.2, 0) is 51.8 Å². The van der Waals surface area contributed by atoms with Crippen LogP contribution in [0.25, 0.3) is 0 Å². The third-order valence-electron chi connectivity index (χ3n) is 14.5. The Labute approximate surface area is 478 Å². The van der Waals surface area contributed by atoms with Crippen LogP contribution in [0.1, 0.15) is 104 Å². The van der Waals surface area contributed by atoms with Crippen molar-refractivity contribution in [3.05, 3.63) is 215 Å². The second-order valence-electron chi connectivity index (χ2n) is 20.7. The van der Waals surface area contributed by atoms with E-state index in [0.717, 1.165) is 0 Å². The van der Waals surface area contributed by atoms with E-state index in [1.165, 1.54) is 31.4 Å². The van der Waals surface area contributed by atoms with Crippen LogP contribution in [0.15, 0.2) is 182 Å². The minimum absolute atomic E-state index is 0.106. The van der Waals surface area contributed by atoms with E-state index in [1.54, 1.807) is 158 Å². The average Bonchev–Trinajstić information content (AvgIpc) is 3.60. The molecule has 0 amide bonds. The van der Waals surface area contributed by atoms with E-state index in [2.05, 4.69) is 0 Å². The van der Waals surface area contributed by atoms with Crippen LogP contribution in [0.2, 0.25) is 16.6 Å². The third kappa shape index (κ3) is 14.4. The SMILES string of the molecule is CO[C@@H]1OC(COC(=O)c2ccccc2)[C@H](OC(=O)c2ccccc2)C(OC(=O)c2ccccc2)C1O[C@H]1O[C@@H](COC(=O)c2ccccc2)[C@H](OC(=O)c2ccccc2)C(OC(=O)c2ccccc2)C1O[Si](C(C)C)(C(C)C)C(C)C. The van der Waals surface area contributed by atoms with Crippen molar-refractivity contribution < 1.29 is 80.6 Å². The molecule has 2 heterocycles. The molecule has 8 rings (SSSR count). The molecule has 0 aromatic heterocycles. The van der Waals surface area contributed by atoms with Crippen LogP contribution in [0.3, 0.4) is 0 Å².